The highest BCUT2D eigenvalue weighted by atomic mass is 19.2. The highest BCUT2D eigenvalue weighted by Crippen LogP contribution is 2.40. The molecule has 0 N–H and O–H groups in total. The zero-order valence-electron chi connectivity index (χ0n) is 13.5. The summed E-state index contributed by atoms with van der Waals surface area (Å²) in [6.45, 7) is 2.34. The van der Waals surface area contributed by atoms with Gasteiger partial charge in [0.1, 0.15) is 5.69 Å². The number of fused-ring (bicyclic) bond motifs is 1. The van der Waals surface area contributed by atoms with Crippen LogP contribution in [0.15, 0.2) is 30.3 Å². The predicted molar refractivity (Wildman–Crippen MR) is 88.3 cm³/mol. The maximum atomic E-state index is 13.7. The number of benzene rings is 2. The molecule has 5 nitrogen and oxygen atoms in total. The van der Waals surface area contributed by atoms with Crippen LogP contribution in [0.5, 0.6) is 0 Å². The van der Waals surface area contributed by atoms with Crippen LogP contribution in [0, 0.1) is 33.1 Å². The normalized spacial score (nSPS) is 16.2. The molecule has 7 heteroatoms. The minimum absolute atomic E-state index is 0.163. The van der Waals surface area contributed by atoms with Crippen molar-refractivity contribution in [3.63, 3.8) is 0 Å². The van der Waals surface area contributed by atoms with Gasteiger partial charge in [0, 0.05) is 12.6 Å². The Morgan fingerprint density at radius 1 is 1.32 bits per heavy atom. The number of rotatable bonds is 3. The zero-order chi connectivity index (χ0) is 18.1. The lowest BCUT2D eigenvalue weighted by Crippen LogP contribution is -2.36. The van der Waals surface area contributed by atoms with E-state index in [1.54, 1.807) is 6.07 Å². The van der Waals surface area contributed by atoms with Crippen LogP contribution >= 0.6 is 0 Å². The molecule has 1 unspecified atom stereocenters. The summed E-state index contributed by atoms with van der Waals surface area (Å²) < 4.78 is 27.2. The van der Waals surface area contributed by atoms with Crippen molar-refractivity contribution >= 4 is 11.4 Å². The first-order valence-corrected chi connectivity index (χ1v) is 7.89. The molecule has 0 radical (unpaired) electrons. The van der Waals surface area contributed by atoms with Gasteiger partial charge in [-0.1, -0.05) is 6.92 Å². The summed E-state index contributed by atoms with van der Waals surface area (Å²) in [7, 11) is 0. The van der Waals surface area contributed by atoms with Gasteiger partial charge in [-0.15, -0.1) is 0 Å². The van der Waals surface area contributed by atoms with Gasteiger partial charge in [-0.3, -0.25) is 10.1 Å². The van der Waals surface area contributed by atoms with Crippen molar-refractivity contribution in [3.05, 3.63) is 68.8 Å². The minimum Gasteiger partial charge on any atom is -0.359 e. The fourth-order valence-corrected chi connectivity index (χ4v) is 3.41. The van der Waals surface area contributed by atoms with Gasteiger partial charge in [-0.2, -0.15) is 5.26 Å². The van der Waals surface area contributed by atoms with E-state index in [0.29, 0.717) is 30.6 Å². The number of hydrogen-bond donors (Lipinski definition) is 0. The van der Waals surface area contributed by atoms with Crippen LogP contribution in [-0.4, -0.2) is 11.5 Å². The van der Waals surface area contributed by atoms with E-state index in [4.69, 9.17) is 5.26 Å². The summed E-state index contributed by atoms with van der Waals surface area (Å²) in [6, 6.07) is 8.29. The fraction of sp³-hybridized carbons (Fsp3) is 0.278. The summed E-state index contributed by atoms with van der Waals surface area (Å²) in [4.78, 5) is 12.7. The molecular weight excluding hydrogens is 328 g/mol. The van der Waals surface area contributed by atoms with Gasteiger partial charge in [-0.05, 0) is 48.2 Å². The van der Waals surface area contributed by atoms with Crippen molar-refractivity contribution in [1.82, 2.24) is 0 Å². The molecule has 0 aliphatic carbocycles. The summed E-state index contributed by atoms with van der Waals surface area (Å²) in [5, 5.41) is 20.4. The predicted octanol–water partition coefficient (Wildman–Crippen LogP) is 4.26. The Labute approximate surface area is 143 Å². The summed E-state index contributed by atoms with van der Waals surface area (Å²) >= 11 is 0. The van der Waals surface area contributed by atoms with Crippen LogP contribution in [0.25, 0.3) is 0 Å². The Morgan fingerprint density at radius 3 is 2.68 bits per heavy atom. The molecule has 1 atom stereocenters. The van der Waals surface area contributed by atoms with Crippen LogP contribution in [0.2, 0.25) is 0 Å². The lowest BCUT2D eigenvalue weighted by Gasteiger charge is -2.38. The first-order valence-electron chi connectivity index (χ1n) is 7.89. The molecule has 3 rings (SSSR count). The van der Waals surface area contributed by atoms with Crippen LogP contribution in [0.1, 0.15) is 36.1 Å². The van der Waals surface area contributed by atoms with Crippen molar-refractivity contribution in [2.75, 3.05) is 11.4 Å². The Hall–Kier alpha value is -3.01. The third-order valence-electron chi connectivity index (χ3n) is 4.54. The average molecular weight is 343 g/mol. The van der Waals surface area contributed by atoms with E-state index < -0.39 is 16.6 Å². The molecule has 0 bridgehead atoms. The number of hydrogen-bond acceptors (Lipinski definition) is 4. The maximum Gasteiger partial charge on any atom is 0.293 e. The molecule has 2 aromatic rings. The molecule has 0 aromatic heterocycles. The second-order valence-corrected chi connectivity index (χ2v) is 5.90. The molecule has 25 heavy (non-hydrogen) atoms. The Morgan fingerprint density at radius 2 is 2.04 bits per heavy atom. The van der Waals surface area contributed by atoms with Gasteiger partial charge in [0.05, 0.1) is 22.6 Å². The van der Waals surface area contributed by atoms with Gasteiger partial charge < -0.3 is 4.90 Å². The fourth-order valence-electron chi connectivity index (χ4n) is 3.41. The van der Waals surface area contributed by atoms with Crippen molar-refractivity contribution in [2.45, 2.75) is 25.8 Å². The standard InChI is InChI=1S/C18H15F2N3O2/c1-2-16-13-9-15(20)14(19)8-12(13)5-6-22(16)17-4-3-11(10-21)7-18(17)23(24)25/h3-4,7-9,16H,2,5-6H2,1H3. The van der Waals surface area contributed by atoms with Crippen molar-refractivity contribution < 1.29 is 13.7 Å². The molecule has 128 valence electrons. The number of nitro benzene ring substituents is 1. The zero-order valence-corrected chi connectivity index (χ0v) is 13.5. The molecule has 0 fully saturated rings. The second kappa shape index (κ2) is 6.48. The van der Waals surface area contributed by atoms with Gasteiger partial charge in [0.2, 0.25) is 0 Å². The summed E-state index contributed by atoms with van der Waals surface area (Å²) in [5.74, 6) is -1.81. The Bertz CT molecular complexity index is 893. The third kappa shape index (κ3) is 2.91. The molecule has 0 saturated heterocycles. The molecular formula is C18H15F2N3O2. The third-order valence-corrected chi connectivity index (χ3v) is 4.54. The van der Waals surface area contributed by atoms with Crippen LogP contribution in [0.4, 0.5) is 20.2 Å². The van der Waals surface area contributed by atoms with Gasteiger partial charge >= 0.3 is 0 Å². The molecule has 0 spiro atoms. The van der Waals surface area contributed by atoms with Gasteiger partial charge in [0.15, 0.2) is 11.6 Å². The van der Waals surface area contributed by atoms with Crippen molar-refractivity contribution in [3.8, 4) is 6.07 Å². The highest BCUT2D eigenvalue weighted by molar-refractivity contribution is 5.67. The highest BCUT2D eigenvalue weighted by Gasteiger charge is 2.31. The molecule has 1 aliphatic heterocycles. The van der Waals surface area contributed by atoms with E-state index in [9.17, 15) is 18.9 Å². The first kappa shape index (κ1) is 16.8. The molecule has 0 saturated carbocycles. The maximum absolute atomic E-state index is 13.7. The largest absolute Gasteiger partial charge is 0.359 e. The quantitative estimate of drug-likeness (QED) is 0.617. The number of anilines is 1. The smallest absolute Gasteiger partial charge is 0.293 e. The SMILES string of the molecule is CCC1c2cc(F)c(F)cc2CCN1c1ccc(C#N)cc1[N+](=O)[O-]. The van der Waals surface area contributed by atoms with E-state index in [-0.39, 0.29) is 17.3 Å². The van der Waals surface area contributed by atoms with E-state index in [1.165, 1.54) is 24.3 Å². The topological polar surface area (TPSA) is 70.2 Å². The van der Waals surface area contributed by atoms with Crippen molar-refractivity contribution in [1.29, 1.82) is 5.26 Å². The monoisotopic (exact) mass is 343 g/mol. The molecule has 0 amide bonds. The van der Waals surface area contributed by atoms with E-state index >= 15 is 0 Å². The second-order valence-electron chi connectivity index (χ2n) is 5.90. The lowest BCUT2D eigenvalue weighted by atomic mass is 9.90. The molecule has 2 aromatic carbocycles. The van der Waals surface area contributed by atoms with Gasteiger partial charge in [0.25, 0.3) is 5.69 Å². The minimum atomic E-state index is -0.923. The summed E-state index contributed by atoms with van der Waals surface area (Å²) in [5.41, 5.74) is 1.79. The van der Waals surface area contributed by atoms with Crippen LogP contribution in [-0.2, 0) is 6.42 Å². The van der Waals surface area contributed by atoms with Crippen LogP contribution < -0.4 is 4.90 Å². The Kier molecular flexibility index (Phi) is 4.36. The van der Waals surface area contributed by atoms with Crippen molar-refractivity contribution in [2.24, 2.45) is 0 Å². The van der Waals surface area contributed by atoms with E-state index in [2.05, 4.69) is 0 Å². The molecule has 1 aliphatic rings. The number of halogens is 2. The van der Waals surface area contributed by atoms with Crippen LogP contribution in [0.3, 0.4) is 0 Å². The lowest BCUT2D eigenvalue weighted by molar-refractivity contribution is -0.384. The summed E-state index contributed by atoms with van der Waals surface area (Å²) in [6.07, 6.45) is 1.04. The first-order chi connectivity index (χ1) is 12.0. The Balaban J connectivity index is 2.11. The molecule has 1 heterocycles. The van der Waals surface area contributed by atoms with Gasteiger partial charge in [-0.25, -0.2) is 8.78 Å². The number of nitriles is 1. The average Bonchev–Trinajstić information content (AvgIpc) is 2.61. The van der Waals surface area contributed by atoms with E-state index in [0.717, 1.165) is 5.56 Å². The van der Waals surface area contributed by atoms with E-state index in [1.807, 2.05) is 17.9 Å². The number of nitrogens with zero attached hydrogens (tertiary/aromatic N) is 3. The number of nitro groups is 1.